The molecule has 0 bridgehead atoms. The summed E-state index contributed by atoms with van der Waals surface area (Å²) in [5.41, 5.74) is 6.42. The number of rotatable bonds is 6. The van der Waals surface area contributed by atoms with Crippen LogP contribution in [0.5, 0.6) is 5.75 Å². The smallest absolute Gasteiger partial charge is 0.254 e. The molecule has 0 aliphatic rings. The van der Waals surface area contributed by atoms with E-state index in [2.05, 4.69) is 5.32 Å². The van der Waals surface area contributed by atoms with Crippen LogP contribution in [0.2, 0.25) is 0 Å². The number of ether oxygens (including phenoxy) is 1. The van der Waals surface area contributed by atoms with E-state index in [1.165, 1.54) is 6.92 Å². The molecule has 0 saturated carbocycles. The van der Waals surface area contributed by atoms with E-state index >= 15 is 0 Å². The van der Waals surface area contributed by atoms with Gasteiger partial charge in [0, 0.05) is 18.7 Å². The van der Waals surface area contributed by atoms with E-state index in [9.17, 15) is 9.59 Å². The molecule has 2 aromatic rings. The Morgan fingerprint density at radius 2 is 1.95 bits per heavy atom. The normalized spacial score (nSPS) is 10.0. The van der Waals surface area contributed by atoms with E-state index < -0.39 is 5.91 Å². The van der Waals surface area contributed by atoms with Gasteiger partial charge < -0.3 is 15.8 Å². The average molecular weight is 300 g/mol. The fourth-order valence-electron chi connectivity index (χ4n) is 1.91. The van der Waals surface area contributed by atoms with Crippen molar-refractivity contribution >= 4 is 17.5 Å². The van der Waals surface area contributed by atoms with Crippen LogP contribution in [0.3, 0.4) is 0 Å². The van der Waals surface area contributed by atoms with E-state index in [4.69, 9.17) is 10.5 Å². The van der Waals surface area contributed by atoms with Crippen LogP contribution < -0.4 is 20.4 Å². The number of benzene rings is 1. The lowest BCUT2D eigenvalue weighted by atomic mass is 10.3. The second kappa shape index (κ2) is 7.21. The Bertz CT molecular complexity index is 669. The topological polar surface area (TPSA) is 85.3 Å². The molecule has 0 fully saturated rings. The van der Waals surface area contributed by atoms with Gasteiger partial charge in [-0.15, -0.1) is 0 Å². The quantitative estimate of drug-likeness (QED) is 0.784. The van der Waals surface area contributed by atoms with Gasteiger partial charge in [0.1, 0.15) is 17.9 Å². The number of primary amides is 1. The van der Waals surface area contributed by atoms with Gasteiger partial charge in [0.05, 0.1) is 0 Å². The summed E-state index contributed by atoms with van der Waals surface area (Å²) in [6.45, 7) is 2.50. The first-order valence-electron chi connectivity index (χ1n) is 6.84. The van der Waals surface area contributed by atoms with Crippen molar-refractivity contribution in [2.24, 2.45) is 5.73 Å². The number of hydrogen-bond donors (Lipinski definition) is 2. The lowest BCUT2D eigenvalue weighted by molar-refractivity contribution is -0.697. The van der Waals surface area contributed by atoms with Crippen molar-refractivity contribution in [1.29, 1.82) is 0 Å². The van der Waals surface area contributed by atoms with Crippen molar-refractivity contribution < 1.29 is 18.9 Å². The second-order valence-corrected chi connectivity index (χ2v) is 4.75. The van der Waals surface area contributed by atoms with Crippen LogP contribution in [0.15, 0.2) is 48.8 Å². The van der Waals surface area contributed by atoms with Gasteiger partial charge in [-0.2, -0.15) is 0 Å². The number of hydrogen-bond acceptors (Lipinski definition) is 3. The summed E-state index contributed by atoms with van der Waals surface area (Å²) in [6.07, 6.45) is 3.53. The minimum atomic E-state index is -0.455. The van der Waals surface area contributed by atoms with Gasteiger partial charge in [-0.1, -0.05) is 0 Å². The van der Waals surface area contributed by atoms with Crippen LogP contribution in [0.25, 0.3) is 0 Å². The third-order valence-corrected chi connectivity index (χ3v) is 2.94. The molecule has 3 N–H and O–H groups in total. The molecule has 0 atom stereocenters. The van der Waals surface area contributed by atoms with E-state index in [0.29, 0.717) is 24.5 Å². The van der Waals surface area contributed by atoms with Crippen molar-refractivity contribution in [2.45, 2.75) is 13.5 Å². The number of nitrogens with zero attached hydrogens (tertiary/aromatic N) is 1. The number of carbonyl (C=O) groups is 2. The van der Waals surface area contributed by atoms with Gasteiger partial charge in [0.25, 0.3) is 5.91 Å². The van der Waals surface area contributed by atoms with Crippen molar-refractivity contribution in [1.82, 2.24) is 0 Å². The summed E-state index contributed by atoms with van der Waals surface area (Å²) in [6, 6.07) is 10.6. The zero-order valence-corrected chi connectivity index (χ0v) is 12.3. The number of amides is 2. The minimum Gasteiger partial charge on any atom is -0.487 e. The Labute approximate surface area is 128 Å². The molecular formula is C16H18N3O3+. The molecular weight excluding hydrogens is 282 g/mol. The first-order chi connectivity index (χ1) is 10.5. The Hall–Kier alpha value is -2.89. The van der Waals surface area contributed by atoms with Crippen LogP contribution in [-0.4, -0.2) is 18.4 Å². The summed E-state index contributed by atoms with van der Waals surface area (Å²) in [4.78, 5) is 22.0. The maximum absolute atomic E-state index is 11.1. The van der Waals surface area contributed by atoms with Crippen LogP contribution in [0, 0.1) is 0 Å². The van der Waals surface area contributed by atoms with Crippen LogP contribution >= 0.6 is 0 Å². The highest BCUT2D eigenvalue weighted by atomic mass is 16.5. The van der Waals surface area contributed by atoms with Crippen LogP contribution in [-0.2, 0) is 11.3 Å². The van der Waals surface area contributed by atoms with Crippen molar-refractivity contribution in [3.8, 4) is 5.75 Å². The van der Waals surface area contributed by atoms with E-state index in [1.54, 1.807) is 42.6 Å². The van der Waals surface area contributed by atoms with Gasteiger partial charge in [-0.3, -0.25) is 9.59 Å². The molecule has 6 heteroatoms. The average Bonchev–Trinajstić information content (AvgIpc) is 2.49. The third kappa shape index (κ3) is 4.59. The summed E-state index contributed by atoms with van der Waals surface area (Å²) in [7, 11) is 0. The first kappa shape index (κ1) is 15.5. The van der Waals surface area contributed by atoms with Crippen molar-refractivity contribution in [3.63, 3.8) is 0 Å². The molecule has 114 valence electrons. The van der Waals surface area contributed by atoms with Gasteiger partial charge in [-0.05, 0) is 30.3 Å². The second-order valence-electron chi connectivity index (χ2n) is 4.75. The largest absolute Gasteiger partial charge is 0.487 e. The van der Waals surface area contributed by atoms with E-state index in [0.717, 1.165) is 5.69 Å². The molecule has 6 nitrogen and oxygen atoms in total. The van der Waals surface area contributed by atoms with E-state index in [1.807, 2.05) is 10.8 Å². The number of anilines is 1. The van der Waals surface area contributed by atoms with E-state index in [-0.39, 0.29) is 5.91 Å². The molecule has 0 aliphatic carbocycles. The fourth-order valence-corrected chi connectivity index (χ4v) is 1.91. The highest BCUT2D eigenvalue weighted by molar-refractivity contribution is 5.92. The molecule has 2 amide bonds. The van der Waals surface area contributed by atoms with Crippen LogP contribution in [0.4, 0.5) is 5.69 Å². The zero-order chi connectivity index (χ0) is 15.9. The molecule has 0 radical (unpaired) electrons. The molecule has 0 saturated heterocycles. The summed E-state index contributed by atoms with van der Waals surface area (Å²) >= 11 is 0. The highest BCUT2D eigenvalue weighted by Crippen LogP contribution is 2.15. The minimum absolute atomic E-state index is 0.112. The molecule has 0 unspecified atom stereocenters. The lowest BCUT2D eigenvalue weighted by Gasteiger charge is -2.06. The Morgan fingerprint density at radius 3 is 2.59 bits per heavy atom. The molecule has 2 rings (SSSR count). The molecule has 0 aliphatic heterocycles. The zero-order valence-electron chi connectivity index (χ0n) is 12.3. The van der Waals surface area contributed by atoms with Crippen molar-refractivity contribution in [2.75, 3.05) is 11.9 Å². The van der Waals surface area contributed by atoms with Crippen molar-refractivity contribution in [3.05, 3.63) is 54.4 Å². The van der Waals surface area contributed by atoms with Crippen LogP contribution in [0.1, 0.15) is 17.3 Å². The molecule has 1 aromatic heterocycles. The monoisotopic (exact) mass is 300 g/mol. The fraction of sp³-hybridized carbons (Fsp3) is 0.188. The number of nitrogens with two attached hydrogens (primary N) is 1. The predicted molar refractivity (Wildman–Crippen MR) is 81.4 cm³/mol. The summed E-state index contributed by atoms with van der Waals surface area (Å²) < 4.78 is 7.46. The van der Waals surface area contributed by atoms with Gasteiger partial charge in [0.2, 0.25) is 5.91 Å². The number of carbonyl (C=O) groups excluding carboxylic acids is 2. The molecule has 22 heavy (non-hydrogen) atoms. The lowest BCUT2D eigenvalue weighted by Crippen LogP contribution is -2.37. The molecule has 1 aromatic carbocycles. The summed E-state index contributed by atoms with van der Waals surface area (Å²) in [5, 5.41) is 2.69. The third-order valence-electron chi connectivity index (χ3n) is 2.94. The Balaban J connectivity index is 1.87. The maximum atomic E-state index is 11.1. The molecule has 0 spiro atoms. The van der Waals surface area contributed by atoms with Gasteiger partial charge >= 0.3 is 0 Å². The van der Waals surface area contributed by atoms with Gasteiger partial charge in [-0.25, -0.2) is 4.57 Å². The summed E-state index contributed by atoms with van der Waals surface area (Å²) in [5.74, 6) is 0.143. The Morgan fingerprint density at radius 1 is 1.23 bits per heavy atom. The first-order valence-corrected chi connectivity index (χ1v) is 6.84. The maximum Gasteiger partial charge on any atom is 0.254 e. The predicted octanol–water partition coefficient (Wildman–Crippen LogP) is 1.11. The highest BCUT2D eigenvalue weighted by Gasteiger charge is 2.07. The number of pyridine rings is 1. The number of nitrogens with one attached hydrogen (secondary N) is 1. The number of aromatic nitrogens is 1. The van der Waals surface area contributed by atoms with Gasteiger partial charge in [0.15, 0.2) is 18.9 Å². The SMILES string of the molecule is CC(=O)Nc1ccc(OCC[n+]2cccc(C(N)=O)c2)cc1. The standard InChI is InChI=1S/C16H17N3O3/c1-12(20)18-14-4-6-15(7-5-14)22-10-9-19-8-2-3-13(11-19)16(17)21/h2-8,11H,9-10H2,1H3,(H2-,17,18,20,21)/p+1. The Kier molecular flexibility index (Phi) is 5.08. The molecule has 1 heterocycles.